The number of hydrogen-bond donors (Lipinski definition) is 1. The van der Waals surface area contributed by atoms with E-state index < -0.39 is 6.04 Å². The SMILES string of the molecule is C[C@@H](C(=O)NC1CCCC1)N(Cc1ccc(Cl)c(Cl)c1)C(=O)Cc1ccccc1. The Balaban J connectivity index is 1.77. The van der Waals surface area contributed by atoms with Gasteiger partial charge < -0.3 is 10.2 Å². The van der Waals surface area contributed by atoms with Gasteiger partial charge in [0, 0.05) is 12.6 Å². The van der Waals surface area contributed by atoms with Crippen molar-refractivity contribution in [3.63, 3.8) is 0 Å². The van der Waals surface area contributed by atoms with Crippen LogP contribution in [-0.4, -0.2) is 28.8 Å². The second-order valence-corrected chi connectivity index (χ2v) is 8.41. The molecule has 0 unspecified atom stereocenters. The molecule has 154 valence electrons. The standard InChI is InChI=1S/C23H26Cl2N2O2/c1-16(23(29)26-19-9-5-6-10-19)27(15-18-11-12-20(24)21(25)13-18)22(28)14-17-7-3-2-4-8-17/h2-4,7-8,11-13,16,19H,5-6,9-10,14-15H2,1H3,(H,26,29)/t16-/m0/s1. The van der Waals surface area contributed by atoms with Crippen LogP contribution in [0.2, 0.25) is 10.0 Å². The fraction of sp³-hybridized carbons (Fsp3) is 0.391. The summed E-state index contributed by atoms with van der Waals surface area (Å²) in [6.45, 7) is 2.08. The first-order valence-electron chi connectivity index (χ1n) is 10.0. The van der Waals surface area contributed by atoms with Crippen molar-refractivity contribution in [1.29, 1.82) is 0 Å². The van der Waals surface area contributed by atoms with Gasteiger partial charge in [0.1, 0.15) is 6.04 Å². The van der Waals surface area contributed by atoms with Crippen LogP contribution in [0.25, 0.3) is 0 Å². The van der Waals surface area contributed by atoms with Gasteiger partial charge in [-0.1, -0.05) is 72.4 Å². The molecule has 0 saturated heterocycles. The van der Waals surface area contributed by atoms with Crippen molar-refractivity contribution in [2.24, 2.45) is 0 Å². The minimum absolute atomic E-state index is 0.101. The lowest BCUT2D eigenvalue weighted by atomic mass is 10.1. The zero-order valence-electron chi connectivity index (χ0n) is 16.5. The molecule has 1 saturated carbocycles. The van der Waals surface area contributed by atoms with E-state index in [0.717, 1.165) is 36.8 Å². The van der Waals surface area contributed by atoms with E-state index in [0.29, 0.717) is 16.6 Å². The van der Waals surface area contributed by atoms with Crippen LogP contribution in [0, 0.1) is 0 Å². The number of amides is 2. The summed E-state index contributed by atoms with van der Waals surface area (Å²) in [5.74, 6) is -0.213. The zero-order valence-corrected chi connectivity index (χ0v) is 18.0. The van der Waals surface area contributed by atoms with Crippen molar-refractivity contribution in [2.45, 2.75) is 57.7 Å². The van der Waals surface area contributed by atoms with Gasteiger partial charge in [0.2, 0.25) is 11.8 Å². The second kappa shape index (κ2) is 10.1. The van der Waals surface area contributed by atoms with E-state index in [1.807, 2.05) is 36.4 Å². The maximum absolute atomic E-state index is 13.1. The van der Waals surface area contributed by atoms with Crippen LogP contribution in [0.4, 0.5) is 0 Å². The third-order valence-corrected chi connectivity index (χ3v) is 6.14. The maximum Gasteiger partial charge on any atom is 0.242 e. The first-order valence-corrected chi connectivity index (χ1v) is 10.8. The Morgan fingerprint density at radius 2 is 1.72 bits per heavy atom. The molecule has 4 nitrogen and oxygen atoms in total. The quantitative estimate of drug-likeness (QED) is 0.667. The van der Waals surface area contributed by atoms with Crippen LogP contribution < -0.4 is 5.32 Å². The maximum atomic E-state index is 13.1. The summed E-state index contributed by atoms with van der Waals surface area (Å²) in [4.78, 5) is 27.6. The van der Waals surface area contributed by atoms with Crippen molar-refractivity contribution >= 4 is 35.0 Å². The lowest BCUT2D eigenvalue weighted by Crippen LogP contribution is -2.50. The molecule has 2 amide bonds. The van der Waals surface area contributed by atoms with Crippen LogP contribution in [0.15, 0.2) is 48.5 Å². The summed E-state index contributed by atoms with van der Waals surface area (Å²) in [6.07, 6.45) is 4.52. The Kier molecular flexibility index (Phi) is 7.57. The Morgan fingerprint density at radius 1 is 1.03 bits per heavy atom. The van der Waals surface area contributed by atoms with Crippen molar-refractivity contribution in [2.75, 3.05) is 0 Å². The Hall–Kier alpha value is -2.04. The van der Waals surface area contributed by atoms with Crippen LogP contribution in [0.5, 0.6) is 0 Å². The molecule has 1 aliphatic rings. The molecule has 0 radical (unpaired) electrons. The molecule has 6 heteroatoms. The van der Waals surface area contributed by atoms with Gasteiger partial charge in [0.05, 0.1) is 16.5 Å². The largest absolute Gasteiger partial charge is 0.352 e. The molecule has 0 spiro atoms. The van der Waals surface area contributed by atoms with Gasteiger partial charge in [-0.05, 0) is 43.0 Å². The molecule has 1 fully saturated rings. The van der Waals surface area contributed by atoms with E-state index in [1.54, 1.807) is 24.0 Å². The molecule has 2 aromatic carbocycles. The molecule has 1 N–H and O–H groups in total. The van der Waals surface area contributed by atoms with Crippen LogP contribution in [0.3, 0.4) is 0 Å². The predicted molar refractivity (Wildman–Crippen MR) is 117 cm³/mol. The Morgan fingerprint density at radius 3 is 2.38 bits per heavy atom. The summed E-state index contributed by atoms with van der Waals surface area (Å²) in [7, 11) is 0. The predicted octanol–water partition coefficient (Wildman–Crippen LogP) is 5.01. The summed E-state index contributed by atoms with van der Waals surface area (Å²) >= 11 is 12.2. The van der Waals surface area contributed by atoms with E-state index in [-0.39, 0.29) is 24.3 Å². The average Bonchev–Trinajstić information content (AvgIpc) is 3.22. The van der Waals surface area contributed by atoms with Crippen molar-refractivity contribution in [3.05, 3.63) is 69.7 Å². The van der Waals surface area contributed by atoms with Gasteiger partial charge in [-0.3, -0.25) is 9.59 Å². The summed E-state index contributed by atoms with van der Waals surface area (Å²) in [5, 5.41) is 4.00. The monoisotopic (exact) mass is 432 g/mol. The first-order chi connectivity index (χ1) is 13.9. The highest BCUT2D eigenvalue weighted by atomic mass is 35.5. The number of hydrogen-bond acceptors (Lipinski definition) is 2. The van der Waals surface area contributed by atoms with E-state index in [1.165, 1.54) is 0 Å². The summed E-state index contributed by atoms with van der Waals surface area (Å²) < 4.78 is 0. The molecule has 0 bridgehead atoms. The lowest BCUT2D eigenvalue weighted by molar-refractivity contribution is -0.140. The number of carbonyl (C=O) groups excluding carboxylic acids is 2. The van der Waals surface area contributed by atoms with Crippen LogP contribution in [-0.2, 0) is 22.6 Å². The average molecular weight is 433 g/mol. The highest BCUT2D eigenvalue weighted by molar-refractivity contribution is 6.42. The molecular formula is C23H26Cl2N2O2. The van der Waals surface area contributed by atoms with Crippen molar-refractivity contribution in [1.82, 2.24) is 10.2 Å². The molecule has 1 aliphatic carbocycles. The van der Waals surface area contributed by atoms with E-state index in [4.69, 9.17) is 23.2 Å². The molecule has 0 aromatic heterocycles. The van der Waals surface area contributed by atoms with Gasteiger partial charge in [-0.25, -0.2) is 0 Å². The van der Waals surface area contributed by atoms with Crippen LogP contribution in [0.1, 0.15) is 43.7 Å². The second-order valence-electron chi connectivity index (χ2n) is 7.60. The number of nitrogens with zero attached hydrogens (tertiary/aromatic N) is 1. The normalized spacial score (nSPS) is 15.1. The summed E-state index contributed by atoms with van der Waals surface area (Å²) in [5.41, 5.74) is 1.75. The van der Waals surface area contributed by atoms with Gasteiger partial charge >= 0.3 is 0 Å². The highest BCUT2D eigenvalue weighted by Crippen LogP contribution is 2.24. The number of rotatable bonds is 7. The van der Waals surface area contributed by atoms with Gasteiger partial charge in [-0.2, -0.15) is 0 Å². The van der Waals surface area contributed by atoms with Crippen molar-refractivity contribution in [3.8, 4) is 0 Å². The molecule has 2 aromatic rings. The van der Waals surface area contributed by atoms with Gasteiger partial charge in [0.25, 0.3) is 0 Å². The molecule has 0 aliphatic heterocycles. The van der Waals surface area contributed by atoms with E-state index >= 15 is 0 Å². The zero-order chi connectivity index (χ0) is 20.8. The molecular weight excluding hydrogens is 407 g/mol. The minimum atomic E-state index is -0.582. The van der Waals surface area contributed by atoms with E-state index in [2.05, 4.69) is 5.32 Å². The molecule has 0 heterocycles. The first kappa shape index (κ1) is 21.7. The fourth-order valence-corrected chi connectivity index (χ4v) is 4.00. The minimum Gasteiger partial charge on any atom is -0.352 e. The van der Waals surface area contributed by atoms with Gasteiger partial charge in [-0.15, -0.1) is 0 Å². The number of halogens is 2. The Labute approximate surface area is 182 Å². The number of carbonyl (C=O) groups is 2. The highest BCUT2D eigenvalue weighted by Gasteiger charge is 2.28. The topological polar surface area (TPSA) is 49.4 Å². The third-order valence-electron chi connectivity index (χ3n) is 5.40. The molecule has 29 heavy (non-hydrogen) atoms. The Bertz CT molecular complexity index is 851. The molecule has 3 rings (SSSR count). The smallest absolute Gasteiger partial charge is 0.242 e. The lowest BCUT2D eigenvalue weighted by Gasteiger charge is -2.30. The van der Waals surface area contributed by atoms with E-state index in [9.17, 15) is 9.59 Å². The number of nitrogens with one attached hydrogen (secondary N) is 1. The van der Waals surface area contributed by atoms with Gasteiger partial charge in [0.15, 0.2) is 0 Å². The fourth-order valence-electron chi connectivity index (χ4n) is 3.68. The third kappa shape index (κ3) is 5.97. The van der Waals surface area contributed by atoms with Crippen molar-refractivity contribution < 1.29 is 9.59 Å². The number of benzene rings is 2. The van der Waals surface area contributed by atoms with Crippen LogP contribution >= 0.6 is 23.2 Å². The summed E-state index contributed by atoms with van der Waals surface area (Å²) in [6, 6.07) is 14.5. The molecule has 1 atom stereocenters.